The van der Waals surface area contributed by atoms with Crippen LogP contribution >= 0.6 is 42.3 Å². The average Bonchev–Trinajstić information content (AvgIpc) is 2.28. The largest absolute Gasteiger partial charge is 0.132 e. The summed E-state index contributed by atoms with van der Waals surface area (Å²) in [6, 6.07) is 13.8. The monoisotopic (exact) mass is 376 g/mol. The molecule has 0 aliphatic rings. The SMILES string of the molecule is C#I(c1cccc(C)c1)c1ccc(Cl)cc1Cl. The van der Waals surface area contributed by atoms with E-state index in [9.17, 15) is 0 Å². The molecule has 0 aromatic heterocycles. The van der Waals surface area contributed by atoms with Crippen LogP contribution in [0, 0.1) is 18.4 Å². The summed E-state index contributed by atoms with van der Waals surface area (Å²) >= 11 is 10.2. The van der Waals surface area contributed by atoms with Gasteiger partial charge >= 0.3 is 0 Å². The first-order valence-electron chi connectivity index (χ1n) is 5.03. The van der Waals surface area contributed by atoms with Crippen molar-refractivity contribution in [3.63, 3.8) is 0 Å². The first-order chi connectivity index (χ1) is 8.08. The van der Waals surface area contributed by atoms with Crippen molar-refractivity contribution in [2.45, 2.75) is 6.92 Å². The Morgan fingerprint density at radius 3 is 2.47 bits per heavy atom. The summed E-state index contributed by atoms with van der Waals surface area (Å²) in [4.78, 5) is 0. The maximum absolute atomic E-state index is 6.37. The molecule has 0 unspecified atom stereocenters. The molecule has 0 spiro atoms. The van der Waals surface area contributed by atoms with E-state index >= 15 is 0 Å². The van der Waals surface area contributed by atoms with Gasteiger partial charge in [0.2, 0.25) is 0 Å². The van der Waals surface area contributed by atoms with Crippen molar-refractivity contribution >= 4 is 42.3 Å². The Balaban J connectivity index is 2.45. The van der Waals surface area contributed by atoms with Crippen LogP contribution in [0.15, 0.2) is 42.5 Å². The highest BCUT2D eigenvalue weighted by Gasteiger charge is 2.06. The van der Waals surface area contributed by atoms with Gasteiger partial charge in [0.1, 0.15) is 0 Å². The van der Waals surface area contributed by atoms with Crippen LogP contribution in [0.25, 0.3) is 0 Å². The normalized spacial score (nSPS) is 10.8. The van der Waals surface area contributed by atoms with Crippen LogP contribution in [-0.2, 0) is 0 Å². The lowest BCUT2D eigenvalue weighted by Gasteiger charge is -2.07. The number of hydrogen-bond acceptors (Lipinski definition) is 0. The van der Waals surface area contributed by atoms with E-state index in [1.54, 1.807) is 6.07 Å². The van der Waals surface area contributed by atoms with Crippen molar-refractivity contribution in [2.75, 3.05) is 0 Å². The lowest BCUT2D eigenvalue weighted by molar-refractivity contribution is 1.45. The standard InChI is InChI=1S/C14H11Cl2I/c1-10-4-3-5-12(8-10)17(2)14-7-6-11(15)9-13(14)16/h2-9H,1H3. The smallest absolute Gasteiger partial charge is 0.0552 e. The third kappa shape index (κ3) is 3.05. The molecule has 0 N–H and O–H groups in total. The van der Waals surface area contributed by atoms with Crippen LogP contribution in [0.1, 0.15) is 5.56 Å². The molecule has 0 aliphatic heterocycles. The molecule has 0 bridgehead atoms. The third-order valence-electron chi connectivity index (χ3n) is 2.32. The van der Waals surface area contributed by atoms with Gasteiger partial charge in [-0.2, -0.15) is 0 Å². The molecule has 0 saturated heterocycles. The Labute approximate surface area is 118 Å². The Hall–Kier alpha value is -0.470. The van der Waals surface area contributed by atoms with Gasteiger partial charge in [-0.25, -0.2) is 0 Å². The first kappa shape index (κ1) is 13.0. The molecule has 0 saturated carbocycles. The highest BCUT2D eigenvalue weighted by molar-refractivity contribution is 14.2. The summed E-state index contributed by atoms with van der Waals surface area (Å²) in [6.07, 6.45) is 0. The van der Waals surface area contributed by atoms with Crippen molar-refractivity contribution in [2.24, 2.45) is 0 Å². The van der Waals surface area contributed by atoms with Crippen molar-refractivity contribution < 1.29 is 0 Å². The topological polar surface area (TPSA) is 0 Å². The van der Waals surface area contributed by atoms with Gasteiger partial charge in [-0.05, 0) is 37.3 Å². The molecule has 0 amide bonds. The van der Waals surface area contributed by atoms with Gasteiger partial charge in [0, 0.05) is 12.2 Å². The second kappa shape index (κ2) is 5.45. The predicted molar refractivity (Wildman–Crippen MR) is 84.0 cm³/mol. The van der Waals surface area contributed by atoms with E-state index < -0.39 is 19.1 Å². The van der Waals surface area contributed by atoms with E-state index in [-0.39, 0.29) is 0 Å². The van der Waals surface area contributed by atoms with Crippen LogP contribution in [-0.4, -0.2) is 0 Å². The molecule has 88 valence electrons. The molecule has 0 nitrogen and oxygen atoms in total. The molecule has 0 radical (unpaired) electrons. The molecule has 0 aliphatic carbocycles. The van der Waals surface area contributed by atoms with Crippen molar-refractivity contribution in [3.05, 3.63) is 65.2 Å². The number of hydrogen-bond donors (Lipinski definition) is 0. The van der Waals surface area contributed by atoms with Gasteiger partial charge in [0.25, 0.3) is 0 Å². The average molecular weight is 377 g/mol. The zero-order chi connectivity index (χ0) is 12.4. The number of aryl methyl sites for hydroxylation is 1. The molecule has 17 heavy (non-hydrogen) atoms. The van der Waals surface area contributed by atoms with Gasteiger partial charge in [0.15, 0.2) is 0 Å². The summed E-state index contributed by atoms with van der Waals surface area (Å²) in [5.74, 6) is 0. The predicted octanol–water partition coefficient (Wildman–Crippen LogP) is 5.44. The van der Waals surface area contributed by atoms with Crippen LogP contribution in [0.3, 0.4) is 0 Å². The Morgan fingerprint density at radius 2 is 1.82 bits per heavy atom. The minimum atomic E-state index is -1.89. The minimum absolute atomic E-state index is 0.646. The van der Waals surface area contributed by atoms with Crippen LogP contribution in [0.2, 0.25) is 10.0 Å². The molecular formula is C14H11Cl2I. The maximum Gasteiger partial charge on any atom is 0.0552 e. The van der Waals surface area contributed by atoms with Crippen LogP contribution in [0.4, 0.5) is 0 Å². The Morgan fingerprint density at radius 1 is 1.06 bits per heavy atom. The molecule has 2 rings (SSSR count). The Bertz CT molecular complexity index is 624. The van der Waals surface area contributed by atoms with E-state index in [1.807, 2.05) is 18.2 Å². The fourth-order valence-electron chi connectivity index (χ4n) is 1.49. The molecule has 0 atom stereocenters. The number of benzene rings is 2. The van der Waals surface area contributed by atoms with E-state index in [0.717, 1.165) is 3.57 Å². The van der Waals surface area contributed by atoms with Gasteiger partial charge < -0.3 is 0 Å². The fourth-order valence-corrected chi connectivity index (χ4v) is 5.78. The first-order valence-corrected chi connectivity index (χ1v) is 9.19. The third-order valence-corrected chi connectivity index (χ3v) is 7.39. The number of halogens is 3. The summed E-state index contributed by atoms with van der Waals surface area (Å²) in [7, 11) is 0. The van der Waals surface area contributed by atoms with Gasteiger partial charge in [-0.15, -0.1) is 4.31 Å². The van der Waals surface area contributed by atoms with E-state index in [1.165, 1.54) is 9.13 Å². The lowest BCUT2D eigenvalue weighted by atomic mass is 10.2. The summed E-state index contributed by atoms with van der Waals surface area (Å²) < 4.78 is 8.62. The maximum atomic E-state index is 6.37. The van der Waals surface area contributed by atoms with Crippen molar-refractivity contribution in [1.29, 1.82) is 0 Å². The molecule has 0 fully saturated rings. The molecule has 2 aromatic carbocycles. The zero-order valence-electron chi connectivity index (χ0n) is 9.25. The summed E-state index contributed by atoms with van der Waals surface area (Å²) in [5, 5.41) is 1.32. The Kier molecular flexibility index (Phi) is 4.16. The molecule has 0 heterocycles. The summed E-state index contributed by atoms with van der Waals surface area (Å²) in [6.45, 7) is 2.07. The minimum Gasteiger partial charge on any atom is -0.132 e. The molecule has 2 aromatic rings. The van der Waals surface area contributed by atoms with E-state index in [4.69, 9.17) is 27.5 Å². The van der Waals surface area contributed by atoms with Gasteiger partial charge in [-0.3, -0.25) is 0 Å². The summed E-state index contributed by atoms with van der Waals surface area (Å²) in [5.41, 5.74) is 1.22. The quantitative estimate of drug-likeness (QED) is 0.424. The zero-order valence-corrected chi connectivity index (χ0v) is 12.9. The lowest BCUT2D eigenvalue weighted by Crippen LogP contribution is -1.83. The van der Waals surface area contributed by atoms with Gasteiger partial charge in [0.05, 0.1) is 5.02 Å². The second-order valence-electron chi connectivity index (χ2n) is 3.67. The van der Waals surface area contributed by atoms with Gasteiger partial charge in [-0.1, -0.05) is 60.0 Å². The number of rotatable bonds is 0. The molecular weight excluding hydrogens is 366 g/mol. The van der Waals surface area contributed by atoms with Crippen molar-refractivity contribution in [3.8, 4) is 4.31 Å². The second-order valence-corrected chi connectivity index (χ2v) is 8.71. The highest BCUT2D eigenvalue weighted by Crippen LogP contribution is 2.39. The van der Waals surface area contributed by atoms with E-state index in [0.29, 0.717) is 10.0 Å². The van der Waals surface area contributed by atoms with E-state index in [2.05, 4.69) is 25.1 Å². The van der Waals surface area contributed by atoms with Crippen LogP contribution < -0.4 is 0 Å². The highest BCUT2D eigenvalue weighted by atomic mass is 127. The fraction of sp³-hybridized carbons (Fsp3) is 0.0714. The van der Waals surface area contributed by atoms with Crippen LogP contribution in [0.5, 0.6) is 0 Å². The van der Waals surface area contributed by atoms with Crippen molar-refractivity contribution in [1.82, 2.24) is 0 Å². The molecule has 3 heteroatoms.